The summed E-state index contributed by atoms with van der Waals surface area (Å²) in [6.07, 6.45) is 1.71. The minimum absolute atomic E-state index is 0.0847. The standard InChI is InChI=1S/C26H30ClN5O3/c1-34-23-7-5-19(6-8-23)25-28-24(35-29-25)18-30-11-9-20(10-12-30)26(33)32-15-13-31(14-16-32)22-4-2-3-21(27)17-22/h2-8,17,20H,9-16,18H2,1H3. The molecule has 2 aliphatic rings. The van der Waals surface area contributed by atoms with Gasteiger partial charge in [0.2, 0.25) is 17.6 Å². The number of halogens is 1. The maximum atomic E-state index is 13.1. The summed E-state index contributed by atoms with van der Waals surface area (Å²) in [7, 11) is 1.64. The molecule has 8 nitrogen and oxygen atoms in total. The molecule has 1 amide bonds. The monoisotopic (exact) mass is 495 g/mol. The van der Waals surface area contributed by atoms with E-state index in [4.69, 9.17) is 20.9 Å². The lowest BCUT2D eigenvalue weighted by Gasteiger charge is -2.39. The van der Waals surface area contributed by atoms with E-state index in [1.807, 2.05) is 47.4 Å². The topological polar surface area (TPSA) is 74.9 Å². The van der Waals surface area contributed by atoms with E-state index in [0.29, 0.717) is 18.3 Å². The van der Waals surface area contributed by atoms with E-state index in [-0.39, 0.29) is 11.8 Å². The molecule has 0 spiro atoms. The largest absolute Gasteiger partial charge is 0.497 e. The summed E-state index contributed by atoms with van der Waals surface area (Å²) in [4.78, 5) is 24.3. The van der Waals surface area contributed by atoms with Crippen LogP contribution in [0.3, 0.4) is 0 Å². The van der Waals surface area contributed by atoms with Crippen molar-refractivity contribution in [3.63, 3.8) is 0 Å². The number of hydrogen-bond acceptors (Lipinski definition) is 7. The van der Waals surface area contributed by atoms with Crippen LogP contribution in [0.4, 0.5) is 5.69 Å². The first-order valence-electron chi connectivity index (χ1n) is 12.1. The van der Waals surface area contributed by atoms with Gasteiger partial charge in [-0.15, -0.1) is 0 Å². The number of carbonyl (C=O) groups excluding carboxylic acids is 1. The second-order valence-electron chi connectivity index (χ2n) is 9.08. The molecule has 2 aliphatic heterocycles. The highest BCUT2D eigenvalue weighted by molar-refractivity contribution is 6.30. The highest BCUT2D eigenvalue weighted by Gasteiger charge is 2.31. The molecule has 0 radical (unpaired) electrons. The lowest BCUT2D eigenvalue weighted by Crippen LogP contribution is -2.51. The number of nitrogens with zero attached hydrogens (tertiary/aromatic N) is 5. The van der Waals surface area contributed by atoms with Crippen LogP contribution in [0.15, 0.2) is 53.1 Å². The smallest absolute Gasteiger partial charge is 0.241 e. The number of carbonyl (C=O) groups is 1. The van der Waals surface area contributed by atoms with Crippen LogP contribution in [0.5, 0.6) is 5.75 Å². The summed E-state index contributed by atoms with van der Waals surface area (Å²) in [6.45, 7) is 5.46. The number of likely N-dealkylation sites (tertiary alicyclic amines) is 1. The summed E-state index contributed by atoms with van der Waals surface area (Å²) in [5.74, 6) is 2.33. The molecule has 0 N–H and O–H groups in total. The third-order valence-electron chi connectivity index (χ3n) is 6.88. The molecule has 184 valence electrons. The molecule has 3 heterocycles. The van der Waals surface area contributed by atoms with Crippen LogP contribution in [0.25, 0.3) is 11.4 Å². The third-order valence-corrected chi connectivity index (χ3v) is 7.11. The van der Waals surface area contributed by atoms with Gasteiger partial charge in [-0.3, -0.25) is 9.69 Å². The number of piperidine rings is 1. The van der Waals surface area contributed by atoms with Gasteiger partial charge in [0.25, 0.3) is 0 Å². The first kappa shape index (κ1) is 23.6. The van der Waals surface area contributed by atoms with Crippen molar-refractivity contribution in [3.8, 4) is 17.1 Å². The first-order chi connectivity index (χ1) is 17.1. The average molecular weight is 496 g/mol. The van der Waals surface area contributed by atoms with Crippen molar-refractivity contribution in [2.75, 3.05) is 51.3 Å². The van der Waals surface area contributed by atoms with E-state index in [0.717, 1.165) is 74.1 Å². The highest BCUT2D eigenvalue weighted by Crippen LogP contribution is 2.25. The molecule has 3 aromatic rings. The highest BCUT2D eigenvalue weighted by atomic mass is 35.5. The Balaban J connectivity index is 1.09. The SMILES string of the molecule is COc1ccc(-c2noc(CN3CCC(C(=O)N4CCN(c5cccc(Cl)c5)CC4)CC3)n2)cc1. The number of anilines is 1. The van der Waals surface area contributed by atoms with E-state index in [2.05, 4.69) is 26.0 Å². The zero-order valence-electron chi connectivity index (χ0n) is 19.9. The number of ether oxygens (including phenoxy) is 1. The molecule has 2 aromatic carbocycles. The second-order valence-corrected chi connectivity index (χ2v) is 9.52. The molecule has 9 heteroatoms. The van der Waals surface area contributed by atoms with E-state index in [1.165, 1.54) is 0 Å². The fourth-order valence-electron chi connectivity index (χ4n) is 4.82. The molecule has 5 rings (SSSR count). The molecular weight excluding hydrogens is 466 g/mol. The Hall–Kier alpha value is -3.10. The minimum Gasteiger partial charge on any atom is -0.497 e. The average Bonchev–Trinajstić information content (AvgIpc) is 3.37. The Morgan fingerprint density at radius 1 is 1.06 bits per heavy atom. The van der Waals surface area contributed by atoms with Gasteiger partial charge in [0.05, 0.1) is 13.7 Å². The lowest BCUT2D eigenvalue weighted by molar-refractivity contribution is -0.137. The van der Waals surface area contributed by atoms with E-state index in [1.54, 1.807) is 7.11 Å². The first-order valence-corrected chi connectivity index (χ1v) is 12.5. The van der Waals surface area contributed by atoms with Gasteiger partial charge in [0, 0.05) is 48.4 Å². The number of piperazine rings is 1. The predicted octanol–water partition coefficient (Wildman–Crippen LogP) is 3.96. The van der Waals surface area contributed by atoms with Crippen molar-refractivity contribution in [3.05, 3.63) is 59.4 Å². The van der Waals surface area contributed by atoms with Gasteiger partial charge >= 0.3 is 0 Å². The van der Waals surface area contributed by atoms with Crippen LogP contribution in [-0.4, -0.2) is 72.2 Å². The number of rotatable bonds is 6. The van der Waals surface area contributed by atoms with Gasteiger partial charge in [0.1, 0.15) is 5.75 Å². The summed E-state index contributed by atoms with van der Waals surface area (Å²) in [6, 6.07) is 15.5. The number of amides is 1. The minimum atomic E-state index is 0.0847. The predicted molar refractivity (Wildman–Crippen MR) is 135 cm³/mol. The third kappa shape index (κ3) is 5.60. The fourth-order valence-corrected chi connectivity index (χ4v) is 5.01. The van der Waals surface area contributed by atoms with Crippen LogP contribution < -0.4 is 9.64 Å². The lowest BCUT2D eigenvalue weighted by atomic mass is 9.95. The Morgan fingerprint density at radius 3 is 2.49 bits per heavy atom. The molecule has 1 aromatic heterocycles. The Bertz CT molecular complexity index is 1140. The van der Waals surface area contributed by atoms with Crippen molar-refractivity contribution in [2.24, 2.45) is 5.92 Å². The van der Waals surface area contributed by atoms with Crippen LogP contribution in [-0.2, 0) is 11.3 Å². The van der Waals surface area contributed by atoms with Gasteiger partial charge < -0.3 is 19.1 Å². The second kappa shape index (κ2) is 10.7. The number of aromatic nitrogens is 2. The molecule has 0 saturated carbocycles. The summed E-state index contributed by atoms with van der Waals surface area (Å²) < 4.78 is 10.7. The van der Waals surface area contributed by atoms with Gasteiger partial charge in [-0.25, -0.2) is 0 Å². The molecular formula is C26H30ClN5O3. The van der Waals surface area contributed by atoms with Crippen molar-refractivity contribution in [1.29, 1.82) is 0 Å². The number of benzene rings is 2. The van der Waals surface area contributed by atoms with Gasteiger partial charge in [-0.2, -0.15) is 4.98 Å². The van der Waals surface area contributed by atoms with Crippen molar-refractivity contribution in [2.45, 2.75) is 19.4 Å². The molecule has 0 aliphatic carbocycles. The maximum Gasteiger partial charge on any atom is 0.241 e. The van der Waals surface area contributed by atoms with Gasteiger partial charge in [0.15, 0.2) is 0 Å². The van der Waals surface area contributed by atoms with Crippen molar-refractivity contribution < 1.29 is 14.1 Å². The molecule has 2 fully saturated rings. The fraction of sp³-hybridized carbons (Fsp3) is 0.423. The quantitative estimate of drug-likeness (QED) is 0.512. The van der Waals surface area contributed by atoms with E-state index in [9.17, 15) is 4.79 Å². The number of methoxy groups -OCH3 is 1. The van der Waals surface area contributed by atoms with Gasteiger partial charge in [-0.05, 0) is 68.4 Å². The van der Waals surface area contributed by atoms with Gasteiger partial charge in [-0.1, -0.05) is 22.8 Å². The van der Waals surface area contributed by atoms with E-state index >= 15 is 0 Å². The molecule has 2 saturated heterocycles. The van der Waals surface area contributed by atoms with Crippen LogP contribution in [0, 0.1) is 5.92 Å². The Labute approximate surface area is 210 Å². The van der Waals surface area contributed by atoms with Crippen LogP contribution in [0.2, 0.25) is 5.02 Å². The van der Waals surface area contributed by atoms with Crippen LogP contribution in [0.1, 0.15) is 18.7 Å². The maximum absolute atomic E-state index is 13.1. The van der Waals surface area contributed by atoms with Crippen LogP contribution >= 0.6 is 11.6 Å². The summed E-state index contributed by atoms with van der Waals surface area (Å²) in [5.41, 5.74) is 2.01. The Morgan fingerprint density at radius 2 is 1.80 bits per heavy atom. The Kier molecular flexibility index (Phi) is 7.20. The van der Waals surface area contributed by atoms with Crippen molar-refractivity contribution in [1.82, 2.24) is 19.9 Å². The number of hydrogen-bond donors (Lipinski definition) is 0. The zero-order valence-corrected chi connectivity index (χ0v) is 20.7. The zero-order chi connectivity index (χ0) is 24.2. The molecule has 0 atom stereocenters. The van der Waals surface area contributed by atoms with Crippen molar-refractivity contribution >= 4 is 23.2 Å². The molecule has 35 heavy (non-hydrogen) atoms. The van der Waals surface area contributed by atoms with E-state index < -0.39 is 0 Å². The molecule has 0 unspecified atom stereocenters. The summed E-state index contributed by atoms with van der Waals surface area (Å²) in [5, 5.41) is 4.86. The summed E-state index contributed by atoms with van der Waals surface area (Å²) >= 11 is 6.13. The molecule has 0 bridgehead atoms. The normalized spacial score (nSPS) is 17.5.